The standard InChI is InChI=1S/C14H13Cl2NOS/c1-9-4-3-5-10(6-9)17(2)8-12(18)11-7-13(15)19-14(11)16/h3-7H,8H2,1-2H3. The van der Waals surface area contributed by atoms with Crippen molar-refractivity contribution in [2.24, 2.45) is 0 Å². The van der Waals surface area contributed by atoms with Crippen LogP contribution >= 0.6 is 34.5 Å². The summed E-state index contributed by atoms with van der Waals surface area (Å²) in [5, 5.41) is 0. The number of aryl methyl sites for hydroxylation is 1. The van der Waals surface area contributed by atoms with Crippen LogP contribution in [0.1, 0.15) is 15.9 Å². The van der Waals surface area contributed by atoms with Gasteiger partial charge >= 0.3 is 0 Å². The van der Waals surface area contributed by atoms with Crippen molar-refractivity contribution in [3.05, 3.63) is 50.1 Å². The Hall–Kier alpha value is -1.03. The van der Waals surface area contributed by atoms with Crippen LogP contribution in [0.25, 0.3) is 0 Å². The van der Waals surface area contributed by atoms with Crippen molar-refractivity contribution in [1.29, 1.82) is 0 Å². The first-order valence-corrected chi connectivity index (χ1v) is 7.30. The minimum atomic E-state index is -0.0304. The van der Waals surface area contributed by atoms with Crippen LogP contribution in [0.5, 0.6) is 0 Å². The van der Waals surface area contributed by atoms with Crippen molar-refractivity contribution < 1.29 is 4.79 Å². The van der Waals surface area contributed by atoms with Gasteiger partial charge in [0.1, 0.15) is 4.34 Å². The highest BCUT2D eigenvalue weighted by Gasteiger charge is 2.16. The predicted molar refractivity (Wildman–Crippen MR) is 83.1 cm³/mol. The summed E-state index contributed by atoms with van der Waals surface area (Å²) in [4.78, 5) is 14.1. The molecule has 2 rings (SSSR count). The van der Waals surface area contributed by atoms with Crippen LogP contribution < -0.4 is 4.90 Å². The van der Waals surface area contributed by atoms with Gasteiger partial charge in [-0.3, -0.25) is 4.79 Å². The first kappa shape index (κ1) is 14.4. The molecule has 0 atom stereocenters. The molecule has 2 aromatic rings. The summed E-state index contributed by atoms with van der Waals surface area (Å²) in [7, 11) is 1.88. The number of thiophene rings is 1. The topological polar surface area (TPSA) is 20.3 Å². The van der Waals surface area contributed by atoms with Crippen molar-refractivity contribution in [3.63, 3.8) is 0 Å². The molecule has 0 N–H and O–H groups in total. The van der Waals surface area contributed by atoms with Crippen LogP contribution in [0, 0.1) is 6.92 Å². The van der Waals surface area contributed by atoms with E-state index in [9.17, 15) is 4.79 Å². The second kappa shape index (κ2) is 5.95. The molecule has 2 nitrogen and oxygen atoms in total. The number of hydrogen-bond acceptors (Lipinski definition) is 3. The molecule has 0 amide bonds. The van der Waals surface area contributed by atoms with Gasteiger partial charge in [-0.1, -0.05) is 35.3 Å². The summed E-state index contributed by atoms with van der Waals surface area (Å²) in [5.74, 6) is -0.0304. The smallest absolute Gasteiger partial charge is 0.184 e. The third-order valence-electron chi connectivity index (χ3n) is 2.78. The second-order valence-electron chi connectivity index (χ2n) is 4.36. The highest BCUT2D eigenvalue weighted by molar-refractivity contribution is 7.20. The van der Waals surface area contributed by atoms with Crippen LogP contribution in [0.2, 0.25) is 8.67 Å². The van der Waals surface area contributed by atoms with E-state index in [2.05, 4.69) is 0 Å². The Morgan fingerprint density at radius 2 is 2.05 bits per heavy atom. The molecule has 0 unspecified atom stereocenters. The summed E-state index contributed by atoms with van der Waals surface area (Å²) in [6.07, 6.45) is 0. The number of anilines is 1. The van der Waals surface area contributed by atoms with Gasteiger partial charge in [0.05, 0.1) is 16.4 Å². The minimum Gasteiger partial charge on any atom is -0.367 e. The number of carbonyl (C=O) groups is 1. The molecular weight excluding hydrogens is 301 g/mol. The highest BCUT2D eigenvalue weighted by Crippen LogP contribution is 2.31. The van der Waals surface area contributed by atoms with Gasteiger partial charge in [0.2, 0.25) is 0 Å². The fraction of sp³-hybridized carbons (Fsp3) is 0.214. The van der Waals surface area contributed by atoms with E-state index in [-0.39, 0.29) is 12.3 Å². The van der Waals surface area contributed by atoms with Crippen LogP contribution in [0.3, 0.4) is 0 Å². The quantitative estimate of drug-likeness (QED) is 0.764. The van der Waals surface area contributed by atoms with Gasteiger partial charge in [0.25, 0.3) is 0 Å². The van der Waals surface area contributed by atoms with Gasteiger partial charge in [0, 0.05) is 12.7 Å². The van der Waals surface area contributed by atoms with Crippen LogP contribution in [-0.2, 0) is 0 Å². The van der Waals surface area contributed by atoms with Gasteiger partial charge in [0.15, 0.2) is 5.78 Å². The average molecular weight is 314 g/mol. The molecule has 0 fully saturated rings. The Morgan fingerprint density at radius 3 is 2.63 bits per heavy atom. The molecule has 0 saturated heterocycles. The monoisotopic (exact) mass is 313 g/mol. The lowest BCUT2D eigenvalue weighted by atomic mass is 10.2. The Balaban J connectivity index is 2.13. The van der Waals surface area contributed by atoms with E-state index in [4.69, 9.17) is 23.2 Å². The molecule has 19 heavy (non-hydrogen) atoms. The van der Waals surface area contributed by atoms with Gasteiger partial charge in [-0.05, 0) is 30.7 Å². The number of nitrogens with zero attached hydrogens (tertiary/aromatic N) is 1. The van der Waals surface area contributed by atoms with E-state index in [1.807, 2.05) is 43.1 Å². The molecule has 1 aromatic heterocycles. The molecule has 0 aliphatic heterocycles. The van der Waals surface area contributed by atoms with Crippen LogP contribution in [-0.4, -0.2) is 19.4 Å². The minimum absolute atomic E-state index is 0.0304. The number of hydrogen-bond donors (Lipinski definition) is 0. The first-order chi connectivity index (χ1) is 8.97. The first-order valence-electron chi connectivity index (χ1n) is 5.73. The van der Waals surface area contributed by atoms with E-state index >= 15 is 0 Å². The van der Waals surface area contributed by atoms with Crippen molar-refractivity contribution >= 4 is 46.0 Å². The maximum atomic E-state index is 12.2. The molecule has 0 aliphatic rings. The van der Waals surface area contributed by atoms with Crippen molar-refractivity contribution in [3.8, 4) is 0 Å². The summed E-state index contributed by atoms with van der Waals surface area (Å²) in [5.41, 5.74) is 2.66. The Kier molecular flexibility index (Phi) is 4.50. The molecule has 0 radical (unpaired) electrons. The Bertz CT molecular complexity index is 609. The molecular formula is C14H13Cl2NOS. The molecule has 0 aliphatic carbocycles. The molecule has 0 bridgehead atoms. The highest BCUT2D eigenvalue weighted by atomic mass is 35.5. The molecule has 0 spiro atoms. The van der Waals surface area contributed by atoms with Gasteiger partial charge < -0.3 is 4.90 Å². The Morgan fingerprint density at radius 1 is 1.32 bits per heavy atom. The van der Waals surface area contributed by atoms with Crippen LogP contribution in [0.15, 0.2) is 30.3 Å². The number of rotatable bonds is 4. The molecule has 1 heterocycles. The van der Waals surface area contributed by atoms with Gasteiger partial charge in [-0.2, -0.15) is 0 Å². The third kappa shape index (κ3) is 3.50. The zero-order valence-electron chi connectivity index (χ0n) is 10.6. The molecule has 100 valence electrons. The fourth-order valence-electron chi connectivity index (χ4n) is 1.79. The van der Waals surface area contributed by atoms with Gasteiger partial charge in [-0.25, -0.2) is 0 Å². The lowest BCUT2D eigenvalue weighted by molar-refractivity contribution is 0.100. The summed E-state index contributed by atoms with van der Waals surface area (Å²) in [6, 6.07) is 9.63. The summed E-state index contributed by atoms with van der Waals surface area (Å²) < 4.78 is 0.985. The lowest BCUT2D eigenvalue weighted by Gasteiger charge is -2.18. The maximum Gasteiger partial charge on any atom is 0.184 e. The number of benzene rings is 1. The number of carbonyl (C=O) groups excluding carboxylic acids is 1. The normalized spacial score (nSPS) is 10.5. The van der Waals surface area contributed by atoms with Crippen molar-refractivity contribution in [2.75, 3.05) is 18.5 Å². The van der Waals surface area contributed by atoms with E-state index < -0.39 is 0 Å². The SMILES string of the molecule is Cc1cccc(N(C)CC(=O)c2cc(Cl)sc2Cl)c1. The van der Waals surface area contributed by atoms with Crippen LogP contribution in [0.4, 0.5) is 5.69 Å². The average Bonchev–Trinajstić information content (AvgIpc) is 2.68. The molecule has 5 heteroatoms. The predicted octanol–water partition coefficient (Wildman–Crippen LogP) is 4.68. The lowest BCUT2D eigenvalue weighted by Crippen LogP contribution is -2.25. The van der Waals surface area contributed by atoms with Gasteiger partial charge in [-0.15, -0.1) is 11.3 Å². The summed E-state index contributed by atoms with van der Waals surface area (Å²) in [6.45, 7) is 2.30. The largest absolute Gasteiger partial charge is 0.367 e. The second-order valence-corrected chi connectivity index (χ2v) is 6.64. The number of halogens is 2. The number of ketones is 1. The molecule has 0 saturated carbocycles. The fourth-order valence-corrected chi connectivity index (χ4v) is 3.29. The maximum absolute atomic E-state index is 12.2. The van der Waals surface area contributed by atoms with Crippen molar-refractivity contribution in [2.45, 2.75) is 6.92 Å². The number of Topliss-reactive ketones (excluding diaryl/α,β-unsaturated/α-hetero) is 1. The van der Waals surface area contributed by atoms with E-state index in [0.29, 0.717) is 14.2 Å². The van der Waals surface area contributed by atoms with Crippen molar-refractivity contribution in [1.82, 2.24) is 0 Å². The third-order valence-corrected chi connectivity index (χ3v) is 4.27. The van der Waals surface area contributed by atoms with E-state index in [0.717, 1.165) is 11.3 Å². The number of likely N-dealkylation sites (N-methyl/N-ethyl adjacent to an activating group) is 1. The summed E-state index contributed by atoms with van der Waals surface area (Å²) >= 11 is 13.1. The Labute approximate surface area is 126 Å². The molecule has 1 aromatic carbocycles. The zero-order chi connectivity index (χ0) is 14.0. The zero-order valence-corrected chi connectivity index (χ0v) is 12.9. The van der Waals surface area contributed by atoms with E-state index in [1.54, 1.807) is 6.07 Å². The van der Waals surface area contributed by atoms with E-state index in [1.165, 1.54) is 11.3 Å².